The fourth-order valence-corrected chi connectivity index (χ4v) is 6.02. The monoisotopic (exact) mass is 479 g/mol. The molecule has 2 aromatic carbocycles. The van der Waals surface area contributed by atoms with Gasteiger partial charge in [-0.3, -0.25) is 4.79 Å². The van der Waals surface area contributed by atoms with Gasteiger partial charge in [-0.1, -0.05) is 55.1 Å². The van der Waals surface area contributed by atoms with Crippen molar-refractivity contribution >= 4 is 35.2 Å². The van der Waals surface area contributed by atoms with Crippen molar-refractivity contribution in [2.75, 3.05) is 5.32 Å². The van der Waals surface area contributed by atoms with Crippen molar-refractivity contribution in [2.24, 2.45) is 11.3 Å². The highest BCUT2D eigenvalue weighted by molar-refractivity contribution is 6.30. The zero-order chi connectivity index (χ0) is 24.0. The summed E-state index contributed by atoms with van der Waals surface area (Å²) in [7, 11) is 0. The number of carboxylic acid groups (broad SMARTS) is 1. The van der Waals surface area contributed by atoms with Crippen molar-refractivity contribution in [2.45, 2.75) is 70.1 Å². The molecule has 2 saturated carbocycles. The summed E-state index contributed by atoms with van der Waals surface area (Å²) in [4.78, 5) is 24.4. The Hall–Kier alpha value is -2.59. The van der Waals surface area contributed by atoms with E-state index in [9.17, 15) is 9.59 Å². The summed E-state index contributed by atoms with van der Waals surface area (Å²) in [6, 6.07) is 15.7. The van der Waals surface area contributed by atoms with Gasteiger partial charge < -0.3 is 10.4 Å². The number of halogens is 1. The van der Waals surface area contributed by atoms with E-state index in [-0.39, 0.29) is 11.3 Å². The summed E-state index contributed by atoms with van der Waals surface area (Å²) >= 11 is 6.06. The molecule has 2 N–H and O–H groups in total. The Labute approximate surface area is 207 Å². The van der Waals surface area contributed by atoms with Crippen molar-refractivity contribution in [3.05, 3.63) is 70.8 Å². The van der Waals surface area contributed by atoms with Crippen molar-refractivity contribution in [1.29, 1.82) is 0 Å². The molecule has 2 aliphatic carbocycles. The minimum atomic E-state index is -0.985. The number of hydrogen-bond acceptors (Lipinski definition) is 2. The highest BCUT2D eigenvalue weighted by Gasteiger charge is 2.41. The van der Waals surface area contributed by atoms with Gasteiger partial charge in [0.25, 0.3) is 0 Å². The molecule has 0 unspecified atom stereocenters. The summed E-state index contributed by atoms with van der Waals surface area (Å²) in [5.74, 6) is 0.316. The number of aliphatic carboxylic acids is 1. The molecule has 1 amide bonds. The van der Waals surface area contributed by atoms with Gasteiger partial charge in [-0.05, 0) is 98.2 Å². The van der Waals surface area contributed by atoms with Crippen LogP contribution in [0.4, 0.5) is 5.69 Å². The van der Waals surface area contributed by atoms with Crippen molar-refractivity contribution in [1.82, 2.24) is 0 Å². The fourth-order valence-electron chi connectivity index (χ4n) is 5.89. The molecule has 0 saturated heterocycles. The zero-order valence-electron chi connectivity index (χ0n) is 19.6. The molecular weight excluding hydrogens is 446 g/mol. The molecule has 0 aliphatic heterocycles. The maximum absolute atomic E-state index is 13.6. The molecule has 4 nitrogen and oxygen atoms in total. The van der Waals surface area contributed by atoms with E-state index in [1.54, 1.807) is 6.08 Å². The van der Waals surface area contributed by atoms with Crippen LogP contribution in [0, 0.1) is 11.3 Å². The lowest BCUT2D eigenvalue weighted by Crippen LogP contribution is -2.40. The molecule has 34 heavy (non-hydrogen) atoms. The Morgan fingerprint density at radius 3 is 2.38 bits per heavy atom. The van der Waals surface area contributed by atoms with Gasteiger partial charge in [0.2, 0.25) is 5.91 Å². The molecule has 0 radical (unpaired) electrons. The minimum absolute atomic E-state index is 0.131. The van der Waals surface area contributed by atoms with Crippen LogP contribution in [0.15, 0.2) is 54.6 Å². The highest BCUT2D eigenvalue weighted by Crippen LogP contribution is 2.47. The molecular formula is C29H34ClNO3. The van der Waals surface area contributed by atoms with Crippen LogP contribution in [0.3, 0.4) is 0 Å². The Balaban J connectivity index is 1.41. The SMILES string of the molecule is O=C(O)/C=C/c1cccc(NC(=O)C2(CC3CCC(c4ccc(Cl)cc4)CC3)CCCCC2)c1. The molecule has 0 heterocycles. The van der Waals surface area contributed by atoms with Gasteiger partial charge in [-0.15, -0.1) is 0 Å². The Morgan fingerprint density at radius 2 is 1.71 bits per heavy atom. The lowest BCUT2D eigenvalue weighted by Gasteiger charge is -2.40. The first kappa shape index (κ1) is 24.5. The highest BCUT2D eigenvalue weighted by atomic mass is 35.5. The maximum Gasteiger partial charge on any atom is 0.328 e. The number of amides is 1. The van der Waals surface area contributed by atoms with Crippen LogP contribution in [0.25, 0.3) is 6.08 Å². The average Bonchev–Trinajstić information content (AvgIpc) is 2.85. The molecule has 2 aliphatic rings. The van der Waals surface area contributed by atoms with Crippen molar-refractivity contribution in [3.8, 4) is 0 Å². The first-order valence-electron chi connectivity index (χ1n) is 12.5. The second-order valence-corrected chi connectivity index (χ2v) is 10.5. The van der Waals surface area contributed by atoms with E-state index in [0.717, 1.165) is 67.3 Å². The predicted molar refractivity (Wildman–Crippen MR) is 138 cm³/mol. The van der Waals surface area contributed by atoms with E-state index in [1.807, 2.05) is 36.4 Å². The third-order valence-electron chi connectivity index (χ3n) is 7.72. The number of hydrogen-bond donors (Lipinski definition) is 2. The summed E-state index contributed by atoms with van der Waals surface area (Å²) in [5, 5.41) is 12.8. The van der Waals surface area contributed by atoms with E-state index in [0.29, 0.717) is 11.8 Å². The first-order chi connectivity index (χ1) is 16.4. The van der Waals surface area contributed by atoms with E-state index >= 15 is 0 Å². The van der Waals surface area contributed by atoms with E-state index in [2.05, 4.69) is 17.4 Å². The fraction of sp³-hybridized carbons (Fsp3) is 0.448. The number of carboxylic acids is 1. The van der Waals surface area contributed by atoms with Crippen molar-refractivity contribution < 1.29 is 14.7 Å². The maximum atomic E-state index is 13.6. The molecule has 0 bridgehead atoms. The van der Waals surface area contributed by atoms with Crippen LogP contribution in [0.2, 0.25) is 5.02 Å². The van der Waals surface area contributed by atoms with Crippen molar-refractivity contribution in [3.63, 3.8) is 0 Å². The number of anilines is 1. The molecule has 0 atom stereocenters. The Bertz CT molecular complexity index is 1020. The van der Waals surface area contributed by atoms with Gasteiger partial charge >= 0.3 is 5.97 Å². The molecule has 180 valence electrons. The quantitative estimate of drug-likeness (QED) is 0.400. The number of carbonyl (C=O) groups is 2. The topological polar surface area (TPSA) is 66.4 Å². The smallest absolute Gasteiger partial charge is 0.328 e. The lowest BCUT2D eigenvalue weighted by molar-refractivity contribution is -0.131. The summed E-state index contributed by atoms with van der Waals surface area (Å²) in [6.45, 7) is 0. The molecule has 5 heteroatoms. The number of nitrogens with one attached hydrogen (secondary N) is 1. The predicted octanol–water partition coefficient (Wildman–Crippen LogP) is 7.69. The van der Waals surface area contributed by atoms with Crippen LogP contribution in [0.5, 0.6) is 0 Å². The number of benzene rings is 2. The largest absolute Gasteiger partial charge is 0.478 e. The normalized spacial score (nSPS) is 22.4. The number of carbonyl (C=O) groups excluding carboxylic acids is 1. The van der Waals surface area contributed by atoms with Gasteiger partial charge in [-0.25, -0.2) is 4.79 Å². The molecule has 0 spiro atoms. The second-order valence-electron chi connectivity index (χ2n) is 10.1. The van der Waals surface area contributed by atoms with Crippen LogP contribution < -0.4 is 5.32 Å². The molecule has 2 aromatic rings. The minimum Gasteiger partial charge on any atom is -0.478 e. The molecule has 0 aromatic heterocycles. The van der Waals surface area contributed by atoms with Gasteiger partial charge in [0, 0.05) is 22.2 Å². The lowest BCUT2D eigenvalue weighted by atomic mass is 9.65. The van der Waals surface area contributed by atoms with Crippen LogP contribution in [-0.4, -0.2) is 17.0 Å². The Morgan fingerprint density at radius 1 is 1.00 bits per heavy atom. The number of rotatable bonds is 7. The van der Waals surface area contributed by atoms with E-state index in [4.69, 9.17) is 16.7 Å². The second kappa shape index (κ2) is 11.2. The third kappa shape index (κ3) is 6.29. The molecule has 2 fully saturated rings. The zero-order valence-corrected chi connectivity index (χ0v) is 20.4. The standard InChI is InChI=1S/C29H34ClNO3/c30-25-14-12-24(13-15-25)23-10-7-22(8-11-23)20-29(17-2-1-3-18-29)28(34)31-26-6-4-5-21(19-26)9-16-27(32)33/h4-6,9,12-16,19,22-23H,1-3,7-8,10-11,17-18,20H2,(H,31,34)(H,32,33)/b16-9+. The average molecular weight is 480 g/mol. The van der Waals surface area contributed by atoms with Crippen LogP contribution >= 0.6 is 11.6 Å². The summed E-state index contributed by atoms with van der Waals surface area (Å²) in [6.07, 6.45) is 13.6. The van der Waals surface area contributed by atoms with Gasteiger partial charge in [0.15, 0.2) is 0 Å². The third-order valence-corrected chi connectivity index (χ3v) is 7.97. The van der Waals surface area contributed by atoms with Crippen LogP contribution in [0.1, 0.15) is 81.3 Å². The Kier molecular flexibility index (Phi) is 8.10. The first-order valence-corrected chi connectivity index (χ1v) is 12.9. The molecule has 4 rings (SSSR count). The van der Waals surface area contributed by atoms with Gasteiger partial charge in [0.05, 0.1) is 0 Å². The van der Waals surface area contributed by atoms with E-state index in [1.165, 1.54) is 24.8 Å². The van der Waals surface area contributed by atoms with Gasteiger partial charge in [-0.2, -0.15) is 0 Å². The summed E-state index contributed by atoms with van der Waals surface area (Å²) < 4.78 is 0. The van der Waals surface area contributed by atoms with E-state index < -0.39 is 5.97 Å². The van der Waals surface area contributed by atoms with Gasteiger partial charge in [0.1, 0.15) is 0 Å². The summed E-state index contributed by atoms with van der Waals surface area (Å²) in [5.41, 5.74) is 2.57. The van der Waals surface area contributed by atoms with Crippen LogP contribution in [-0.2, 0) is 9.59 Å².